The first-order valence-corrected chi connectivity index (χ1v) is 8.63. The van der Waals surface area contributed by atoms with E-state index in [1.54, 1.807) is 0 Å². The number of rotatable bonds is 5. The molecule has 2 rings (SSSR count). The van der Waals surface area contributed by atoms with Crippen molar-refractivity contribution in [3.05, 3.63) is 48.7 Å². The van der Waals surface area contributed by atoms with Crippen LogP contribution in [0.1, 0.15) is 31.7 Å². The second-order valence-electron chi connectivity index (χ2n) is 6.11. The molecule has 1 heterocycles. The third-order valence-electron chi connectivity index (χ3n) is 4.19. The van der Waals surface area contributed by atoms with Gasteiger partial charge in [-0.3, -0.25) is 0 Å². The van der Waals surface area contributed by atoms with Crippen LogP contribution in [0.5, 0.6) is 0 Å². The number of anilines is 1. The molecule has 0 radical (unpaired) electrons. The summed E-state index contributed by atoms with van der Waals surface area (Å²) in [4.78, 5) is 12.9. The Labute approximate surface area is 149 Å². The van der Waals surface area contributed by atoms with Gasteiger partial charge in [0, 0.05) is 17.9 Å². The zero-order valence-electron chi connectivity index (χ0n) is 14.2. The van der Waals surface area contributed by atoms with Gasteiger partial charge in [-0.05, 0) is 56.1 Å². The number of carbonyl (C=O) groups is 1. The smallest absolute Gasteiger partial charge is 0.171 e. The van der Waals surface area contributed by atoms with Gasteiger partial charge in [0.05, 0.1) is 12.6 Å². The van der Waals surface area contributed by atoms with Crippen LogP contribution in [0, 0.1) is 0 Å². The molecular weight excluding hydrogens is 318 g/mol. The number of hydrogen-bond acceptors (Lipinski definition) is 3. The number of nitrogens with one attached hydrogen (secondary N) is 2. The first-order valence-electron chi connectivity index (χ1n) is 8.22. The summed E-state index contributed by atoms with van der Waals surface area (Å²) in [5.74, 6) is 0. The molecule has 5 heteroatoms. The van der Waals surface area contributed by atoms with Crippen LogP contribution in [0.15, 0.2) is 43.1 Å². The van der Waals surface area contributed by atoms with E-state index in [4.69, 9.17) is 12.2 Å². The number of likely N-dealkylation sites (tertiary alicyclic amines) is 1. The summed E-state index contributed by atoms with van der Waals surface area (Å²) in [6.45, 7) is 11.4. The lowest BCUT2D eigenvalue weighted by molar-refractivity contribution is -0.108. The van der Waals surface area contributed by atoms with Gasteiger partial charge in [0.1, 0.15) is 6.29 Å². The summed E-state index contributed by atoms with van der Waals surface area (Å²) in [7, 11) is 0. The van der Waals surface area contributed by atoms with Crippen LogP contribution in [0.4, 0.5) is 5.69 Å². The predicted molar refractivity (Wildman–Crippen MR) is 105 cm³/mol. The van der Waals surface area contributed by atoms with E-state index in [2.05, 4.69) is 23.8 Å². The summed E-state index contributed by atoms with van der Waals surface area (Å²) < 4.78 is 0. The average molecular weight is 343 g/mol. The molecule has 0 aromatic heterocycles. The Morgan fingerprint density at radius 1 is 1.46 bits per heavy atom. The quantitative estimate of drug-likeness (QED) is 0.632. The van der Waals surface area contributed by atoms with E-state index in [-0.39, 0.29) is 6.04 Å². The third-order valence-corrected chi connectivity index (χ3v) is 4.41. The van der Waals surface area contributed by atoms with Crippen molar-refractivity contribution >= 4 is 34.9 Å². The topological polar surface area (TPSA) is 44.4 Å². The number of allylic oxidation sites excluding steroid dienone is 1. The second-order valence-corrected chi connectivity index (χ2v) is 6.52. The summed E-state index contributed by atoms with van der Waals surface area (Å²) in [6.07, 6.45) is 4.03. The number of benzene rings is 1. The van der Waals surface area contributed by atoms with Crippen molar-refractivity contribution in [3.63, 3.8) is 0 Å². The van der Waals surface area contributed by atoms with Gasteiger partial charge in [0.25, 0.3) is 0 Å². The average Bonchev–Trinajstić information content (AvgIpc) is 2.71. The minimum atomic E-state index is 0.0526. The molecule has 2 N–H and O–H groups in total. The van der Waals surface area contributed by atoms with E-state index in [0.717, 1.165) is 54.6 Å². The van der Waals surface area contributed by atoms with E-state index in [1.165, 1.54) is 0 Å². The highest BCUT2D eigenvalue weighted by Gasteiger charge is 2.22. The van der Waals surface area contributed by atoms with Crippen molar-refractivity contribution in [3.8, 4) is 0 Å². The Balaban J connectivity index is 2.00. The molecule has 1 saturated heterocycles. The van der Waals surface area contributed by atoms with Gasteiger partial charge in [-0.15, -0.1) is 0 Å². The SMILES string of the molecule is C=C(C)c1cccc(NC(=S)NC2CCCCN(CC=O)C2=C)c1. The van der Waals surface area contributed by atoms with Gasteiger partial charge in [-0.2, -0.15) is 0 Å². The summed E-state index contributed by atoms with van der Waals surface area (Å²) in [5, 5.41) is 7.12. The van der Waals surface area contributed by atoms with Crippen molar-refractivity contribution < 1.29 is 4.79 Å². The number of hydrogen-bond donors (Lipinski definition) is 2. The molecule has 1 aliphatic rings. The Morgan fingerprint density at radius 3 is 2.96 bits per heavy atom. The molecule has 1 aliphatic heterocycles. The summed E-state index contributed by atoms with van der Waals surface area (Å²) in [5.41, 5.74) is 3.95. The van der Waals surface area contributed by atoms with Gasteiger partial charge in [0.2, 0.25) is 0 Å². The predicted octanol–water partition coefficient (Wildman–Crippen LogP) is 3.57. The zero-order valence-corrected chi connectivity index (χ0v) is 15.0. The van der Waals surface area contributed by atoms with Crippen molar-refractivity contribution in [1.82, 2.24) is 10.2 Å². The zero-order chi connectivity index (χ0) is 17.5. The standard InChI is InChI=1S/C19H25N3OS/c1-14(2)16-7-6-8-17(13-16)20-19(24)21-18-9-4-5-10-22(11-12-23)15(18)3/h6-8,12-13,18H,1,3-5,9-11H2,2H3,(H2,20,21,24). The molecule has 0 amide bonds. The van der Waals surface area contributed by atoms with Crippen molar-refractivity contribution in [1.29, 1.82) is 0 Å². The molecule has 24 heavy (non-hydrogen) atoms. The fraction of sp³-hybridized carbons (Fsp3) is 0.368. The van der Waals surface area contributed by atoms with Crippen LogP contribution >= 0.6 is 12.2 Å². The van der Waals surface area contributed by atoms with Crippen LogP contribution in [-0.4, -0.2) is 35.4 Å². The first-order chi connectivity index (χ1) is 11.5. The Kier molecular flexibility index (Phi) is 6.55. The molecule has 1 aromatic rings. The maximum atomic E-state index is 10.8. The monoisotopic (exact) mass is 343 g/mol. The lowest BCUT2D eigenvalue weighted by Gasteiger charge is -2.28. The highest BCUT2D eigenvalue weighted by Crippen LogP contribution is 2.20. The highest BCUT2D eigenvalue weighted by molar-refractivity contribution is 7.80. The molecule has 0 saturated carbocycles. The lowest BCUT2D eigenvalue weighted by atomic mass is 10.1. The molecule has 128 valence electrons. The number of carbonyl (C=O) groups excluding carboxylic acids is 1. The van der Waals surface area contributed by atoms with E-state index >= 15 is 0 Å². The molecule has 1 fully saturated rings. The van der Waals surface area contributed by atoms with E-state index < -0.39 is 0 Å². The van der Waals surface area contributed by atoms with Gasteiger partial charge in [-0.25, -0.2) is 0 Å². The lowest BCUT2D eigenvalue weighted by Crippen LogP contribution is -2.42. The third kappa shape index (κ3) is 4.93. The number of nitrogens with zero attached hydrogens (tertiary/aromatic N) is 1. The molecule has 1 atom stereocenters. The Morgan fingerprint density at radius 2 is 2.25 bits per heavy atom. The molecule has 0 bridgehead atoms. The maximum Gasteiger partial charge on any atom is 0.171 e. The minimum absolute atomic E-state index is 0.0526. The molecule has 1 aromatic carbocycles. The van der Waals surface area contributed by atoms with Crippen LogP contribution in [-0.2, 0) is 4.79 Å². The molecule has 0 aliphatic carbocycles. The van der Waals surface area contributed by atoms with Gasteiger partial charge < -0.3 is 20.3 Å². The molecule has 4 nitrogen and oxygen atoms in total. The maximum absolute atomic E-state index is 10.8. The summed E-state index contributed by atoms with van der Waals surface area (Å²) in [6, 6.07) is 8.05. The van der Waals surface area contributed by atoms with E-state index in [0.29, 0.717) is 11.7 Å². The fourth-order valence-electron chi connectivity index (χ4n) is 2.82. The number of aldehydes is 1. The van der Waals surface area contributed by atoms with E-state index in [9.17, 15) is 4.79 Å². The van der Waals surface area contributed by atoms with E-state index in [1.807, 2.05) is 36.1 Å². The number of thiocarbonyl (C=S) groups is 1. The van der Waals surface area contributed by atoms with Crippen LogP contribution in [0.2, 0.25) is 0 Å². The minimum Gasteiger partial charge on any atom is -0.367 e. The molecule has 0 spiro atoms. The first kappa shape index (κ1) is 18.2. The fourth-order valence-corrected chi connectivity index (χ4v) is 3.08. The van der Waals surface area contributed by atoms with Crippen molar-refractivity contribution in [2.75, 3.05) is 18.4 Å². The van der Waals surface area contributed by atoms with Gasteiger partial charge in [0.15, 0.2) is 5.11 Å². The largest absolute Gasteiger partial charge is 0.367 e. The van der Waals surface area contributed by atoms with Gasteiger partial charge >= 0.3 is 0 Å². The second kappa shape index (κ2) is 8.64. The van der Waals surface area contributed by atoms with Crippen molar-refractivity contribution in [2.24, 2.45) is 0 Å². The van der Waals surface area contributed by atoms with Crippen LogP contribution in [0.25, 0.3) is 5.57 Å². The Bertz CT molecular complexity index is 641. The van der Waals surface area contributed by atoms with Gasteiger partial charge in [-0.1, -0.05) is 30.9 Å². The van der Waals surface area contributed by atoms with Crippen LogP contribution in [0.3, 0.4) is 0 Å². The molecular formula is C19H25N3OS. The normalized spacial score (nSPS) is 17.8. The highest BCUT2D eigenvalue weighted by atomic mass is 32.1. The van der Waals surface area contributed by atoms with Crippen molar-refractivity contribution in [2.45, 2.75) is 32.2 Å². The molecule has 1 unspecified atom stereocenters. The summed E-state index contributed by atoms with van der Waals surface area (Å²) >= 11 is 5.45. The Hall–Kier alpha value is -2.14. The van der Waals surface area contributed by atoms with Crippen LogP contribution < -0.4 is 10.6 Å².